The molecule has 0 amide bonds. The molecule has 0 rings (SSSR count). The third-order valence-corrected chi connectivity index (χ3v) is 10.7. The van der Waals surface area contributed by atoms with Crippen molar-refractivity contribution in [3.63, 3.8) is 0 Å². The van der Waals surface area contributed by atoms with Crippen molar-refractivity contribution in [2.75, 3.05) is 0 Å². The summed E-state index contributed by atoms with van der Waals surface area (Å²) in [5.74, 6) is 0. The summed E-state index contributed by atoms with van der Waals surface area (Å²) in [7, 11) is -1.35. The van der Waals surface area contributed by atoms with E-state index in [1.54, 1.807) is 5.20 Å². The van der Waals surface area contributed by atoms with E-state index in [9.17, 15) is 5.11 Å². The lowest BCUT2D eigenvalue weighted by molar-refractivity contribution is 0.196. The standard InChI is InChI=1S/C19H40OSi/c1-6-10-11-12-13-19(17-18(5)20)21(14-7-2,15-8-3)16-9-4/h13,18,20H,6-12,14-17H2,1-5H3/b19-13+. The molecule has 2 heteroatoms. The second kappa shape index (κ2) is 12.5. The average molecular weight is 313 g/mol. The van der Waals surface area contributed by atoms with Gasteiger partial charge in [0, 0.05) is 0 Å². The molecular formula is C19H40OSi. The Labute approximate surface area is 135 Å². The third kappa shape index (κ3) is 8.20. The van der Waals surface area contributed by atoms with Gasteiger partial charge in [-0.2, -0.15) is 0 Å². The lowest BCUT2D eigenvalue weighted by atomic mass is 10.2. The molecule has 0 saturated carbocycles. The molecule has 126 valence electrons. The Hall–Kier alpha value is -0.0831. The Kier molecular flexibility index (Phi) is 12.4. The fraction of sp³-hybridized carbons (Fsp3) is 0.895. The number of hydrogen-bond donors (Lipinski definition) is 1. The van der Waals surface area contributed by atoms with Crippen molar-refractivity contribution >= 4 is 8.07 Å². The topological polar surface area (TPSA) is 20.2 Å². The van der Waals surface area contributed by atoms with Gasteiger partial charge < -0.3 is 5.11 Å². The highest BCUT2D eigenvalue weighted by molar-refractivity contribution is 6.86. The highest BCUT2D eigenvalue weighted by Gasteiger charge is 2.34. The zero-order valence-corrected chi connectivity index (χ0v) is 16.4. The molecule has 0 heterocycles. The molecule has 1 N–H and O–H groups in total. The van der Waals surface area contributed by atoms with E-state index in [1.807, 2.05) is 6.92 Å². The van der Waals surface area contributed by atoms with Crippen molar-refractivity contribution in [2.24, 2.45) is 0 Å². The summed E-state index contributed by atoms with van der Waals surface area (Å²) >= 11 is 0. The van der Waals surface area contributed by atoms with Crippen LogP contribution in [0.4, 0.5) is 0 Å². The Morgan fingerprint density at radius 3 is 1.81 bits per heavy atom. The minimum absolute atomic E-state index is 0.181. The maximum Gasteiger partial charge on any atom is 0.0812 e. The van der Waals surface area contributed by atoms with E-state index in [0.717, 1.165) is 6.42 Å². The largest absolute Gasteiger partial charge is 0.393 e. The molecular weight excluding hydrogens is 272 g/mol. The first kappa shape index (κ1) is 20.9. The van der Waals surface area contributed by atoms with Crippen molar-refractivity contribution in [1.29, 1.82) is 0 Å². The van der Waals surface area contributed by atoms with E-state index in [-0.39, 0.29) is 6.10 Å². The number of unbranched alkanes of at least 4 members (excludes halogenated alkanes) is 3. The summed E-state index contributed by atoms with van der Waals surface area (Å²) < 4.78 is 0. The molecule has 1 nitrogen and oxygen atoms in total. The van der Waals surface area contributed by atoms with Gasteiger partial charge in [0.15, 0.2) is 0 Å². The van der Waals surface area contributed by atoms with E-state index < -0.39 is 8.07 Å². The van der Waals surface area contributed by atoms with Crippen LogP contribution in [-0.2, 0) is 0 Å². The van der Waals surface area contributed by atoms with E-state index in [1.165, 1.54) is 63.1 Å². The maximum absolute atomic E-state index is 9.97. The number of hydrogen-bond acceptors (Lipinski definition) is 1. The molecule has 0 aliphatic carbocycles. The summed E-state index contributed by atoms with van der Waals surface area (Å²) in [5.41, 5.74) is 0. The lowest BCUT2D eigenvalue weighted by Crippen LogP contribution is -2.38. The zero-order chi connectivity index (χ0) is 16.1. The molecule has 21 heavy (non-hydrogen) atoms. The van der Waals surface area contributed by atoms with Crippen LogP contribution in [0.15, 0.2) is 11.3 Å². The number of aliphatic hydroxyl groups is 1. The quantitative estimate of drug-likeness (QED) is 0.305. The zero-order valence-electron chi connectivity index (χ0n) is 15.4. The van der Waals surface area contributed by atoms with Crippen LogP contribution in [0.5, 0.6) is 0 Å². The Morgan fingerprint density at radius 1 is 0.905 bits per heavy atom. The maximum atomic E-state index is 9.97. The number of aliphatic hydroxyl groups excluding tert-OH is 1. The van der Waals surface area contributed by atoms with Gasteiger partial charge >= 0.3 is 0 Å². The van der Waals surface area contributed by atoms with Crippen molar-refractivity contribution < 1.29 is 5.11 Å². The number of rotatable bonds is 13. The molecule has 0 aliphatic heterocycles. The summed E-state index contributed by atoms with van der Waals surface area (Å²) in [4.78, 5) is 0. The molecule has 0 aliphatic rings. The van der Waals surface area contributed by atoms with Crippen molar-refractivity contribution in [3.05, 3.63) is 11.3 Å². The normalized spacial score (nSPS) is 14.5. The molecule has 0 saturated heterocycles. The van der Waals surface area contributed by atoms with Gasteiger partial charge in [0.05, 0.1) is 14.2 Å². The smallest absolute Gasteiger partial charge is 0.0812 e. The van der Waals surface area contributed by atoms with E-state index >= 15 is 0 Å². The first-order chi connectivity index (χ1) is 10.1. The van der Waals surface area contributed by atoms with Crippen LogP contribution in [0.25, 0.3) is 0 Å². The molecule has 0 bridgehead atoms. The van der Waals surface area contributed by atoms with Crippen LogP contribution in [-0.4, -0.2) is 19.3 Å². The van der Waals surface area contributed by atoms with Crippen LogP contribution >= 0.6 is 0 Å². The fourth-order valence-electron chi connectivity index (χ4n) is 3.80. The average Bonchev–Trinajstić information content (AvgIpc) is 2.42. The van der Waals surface area contributed by atoms with Crippen LogP contribution in [0, 0.1) is 0 Å². The highest BCUT2D eigenvalue weighted by atomic mass is 28.3. The number of allylic oxidation sites excluding steroid dienone is 1. The fourth-order valence-corrected chi connectivity index (χ4v) is 9.69. The summed E-state index contributed by atoms with van der Waals surface area (Å²) in [5, 5.41) is 11.7. The van der Waals surface area contributed by atoms with Gasteiger partial charge in [-0.1, -0.05) is 89.2 Å². The van der Waals surface area contributed by atoms with Gasteiger partial charge in [0.25, 0.3) is 0 Å². The van der Waals surface area contributed by atoms with Gasteiger partial charge in [-0.05, 0) is 26.2 Å². The predicted molar refractivity (Wildman–Crippen MR) is 99.6 cm³/mol. The van der Waals surface area contributed by atoms with Gasteiger partial charge in [0.1, 0.15) is 0 Å². The van der Waals surface area contributed by atoms with Crippen LogP contribution in [0.3, 0.4) is 0 Å². The molecule has 1 atom stereocenters. The SMILES string of the molecule is CCCCC/C=C(\CC(C)O)[Si](CCC)(CCC)CCC. The molecule has 0 radical (unpaired) electrons. The van der Waals surface area contributed by atoms with Gasteiger partial charge in [0.2, 0.25) is 0 Å². The minimum Gasteiger partial charge on any atom is -0.393 e. The highest BCUT2D eigenvalue weighted by Crippen LogP contribution is 2.36. The molecule has 0 aromatic heterocycles. The molecule has 0 spiro atoms. The Morgan fingerprint density at radius 2 is 1.43 bits per heavy atom. The molecule has 0 aromatic rings. The van der Waals surface area contributed by atoms with E-state index in [4.69, 9.17) is 0 Å². The molecule has 0 fully saturated rings. The van der Waals surface area contributed by atoms with Crippen molar-refractivity contribution in [1.82, 2.24) is 0 Å². The Bertz CT molecular complexity index is 254. The second-order valence-corrected chi connectivity index (χ2v) is 11.5. The third-order valence-electron chi connectivity index (χ3n) is 4.58. The molecule has 1 unspecified atom stereocenters. The van der Waals surface area contributed by atoms with Gasteiger partial charge in [-0.15, -0.1) is 0 Å². The second-order valence-electron chi connectivity index (χ2n) is 6.81. The van der Waals surface area contributed by atoms with Gasteiger partial charge in [-0.3, -0.25) is 0 Å². The van der Waals surface area contributed by atoms with Crippen LogP contribution < -0.4 is 0 Å². The van der Waals surface area contributed by atoms with E-state index in [0.29, 0.717) is 0 Å². The van der Waals surface area contributed by atoms with Crippen LogP contribution in [0.1, 0.15) is 86.0 Å². The predicted octanol–water partition coefficient (Wildman–Crippen LogP) is 6.48. The molecule has 0 aromatic carbocycles. The summed E-state index contributed by atoms with van der Waals surface area (Å²) in [6.07, 6.45) is 12.4. The lowest BCUT2D eigenvalue weighted by Gasteiger charge is -2.35. The Balaban J connectivity index is 5.20. The summed E-state index contributed by atoms with van der Waals surface area (Å²) in [6, 6.07) is 4.25. The van der Waals surface area contributed by atoms with Gasteiger partial charge in [-0.25, -0.2) is 0 Å². The first-order valence-corrected chi connectivity index (χ1v) is 12.1. The first-order valence-electron chi connectivity index (χ1n) is 9.43. The van der Waals surface area contributed by atoms with Crippen LogP contribution in [0.2, 0.25) is 18.1 Å². The minimum atomic E-state index is -1.35. The van der Waals surface area contributed by atoms with E-state index in [2.05, 4.69) is 33.8 Å². The van der Waals surface area contributed by atoms with Crippen molar-refractivity contribution in [3.8, 4) is 0 Å². The monoisotopic (exact) mass is 312 g/mol. The van der Waals surface area contributed by atoms with Crippen molar-refractivity contribution in [2.45, 2.75) is 110 Å². The summed E-state index contributed by atoms with van der Waals surface area (Å²) in [6.45, 7) is 11.2.